The van der Waals surface area contributed by atoms with Gasteiger partial charge in [0.15, 0.2) is 0 Å². The Morgan fingerprint density at radius 3 is 2.38 bits per heavy atom. The van der Waals surface area contributed by atoms with Crippen molar-refractivity contribution in [3.05, 3.63) is 65.2 Å². The van der Waals surface area contributed by atoms with Crippen LogP contribution in [0.2, 0.25) is 0 Å². The molecule has 2 aliphatic rings. The molecule has 1 aliphatic carbocycles. The summed E-state index contributed by atoms with van der Waals surface area (Å²) in [5, 5.41) is 8.97. The molecular weight excluding hydrogens is 406 g/mol. The van der Waals surface area contributed by atoms with Gasteiger partial charge in [0.2, 0.25) is 11.8 Å². The lowest BCUT2D eigenvalue weighted by molar-refractivity contribution is -0.139. The maximum absolute atomic E-state index is 13.0. The second-order valence-electron chi connectivity index (χ2n) is 8.36. The summed E-state index contributed by atoms with van der Waals surface area (Å²) in [7, 11) is 1.62. The van der Waals surface area contributed by atoms with Gasteiger partial charge in [-0.05, 0) is 48.2 Å². The Bertz CT molecular complexity index is 993. The van der Waals surface area contributed by atoms with Gasteiger partial charge in [-0.3, -0.25) is 9.59 Å². The monoisotopic (exact) mass is 433 g/mol. The van der Waals surface area contributed by atoms with Crippen LogP contribution in [-0.2, 0) is 27.5 Å². The lowest BCUT2D eigenvalue weighted by Crippen LogP contribution is -2.40. The van der Waals surface area contributed by atoms with Crippen LogP contribution in [0.4, 0.5) is 0 Å². The molecule has 2 fully saturated rings. The first-order valence-electron chi connectivity index (χ1n) is 10.9. The molecule has 7 nitrogen and oxygen atoms in total. The summed E-state index contributed by atoms with van der Waals surface area (Å²) in [5.41, 5.74) is 2.54. The largest absolute Gasteiger partial charge is 0.497 e. The van der Waals surface area contributed by atoms with E-state index in [1.807, 2.05) is 36.4 Å². The molecule has 0 aromatic heterocycles. The van der Waals surface area contributed by atoms with Gasteiger partial charge < -0.3 is 19.3 Å². The van der Waals surface area contributed by atoms with Crippen molar-refractivity contribution in [1.29, 1.82) is 5.26 Å². The molecule has 4 rings (SSSR count). The molecule has 32 heavy (non-hydrogen) atoms. The smallest absolute Gasteiger partial charge is 0.242 e. The summed E-state index contributed by atoms with van der Waals surface area (Å²) in [5.74, 6) is 0.798. The molecular formula is C25H27N3O4. The number of amides is 2. The van der Waals surface area contributed by atoms with Crippen LogP contribution in [0.5, 0.6) is 5.75 Å². The molecule has 2 amide bonds. The van der Waals surface area contributed by atoms with Crippen LogP contribution < -0.4 is 4.74 Å². The molecule has 1 atom stereocenters. The highest BCUT2D eigenvalue weighted by atomic mass is 16.5. The van der Waals surface area contributed by atoms with E-state index in [1.54, 1.807) is 29.0 Å². The second kappa shape index (κ2) is 9.84. The normalized spacial score (nSPS) is 18.8. The number of carbonyl (C=O) groups excluding carboxylic acids is 2. The van der Waals surface area contributed by atoms with Crippen LogP contribution in [0.1, 0.15) is 29.5 Å². The van der Waals surface area contributed by atoms with Crippen LogP contribution in [0.3, 0.4) is 0 Å². The van der Waals surface area contributed by atoms with E-state index in [0.717, 1.165) is 29.7 Å². The fourth-order valence-electron chi connectivity index (χ4n) is 3.83. The molecule has 2 aromatic rings. The maximum Gasteiger partial charge on any atom is 0.242 e. The van der Waals surface area contributed by atoms with E-state index in [4.69, 9.17) is 14.7 Å². The van der Waals surface area contributed by atoms with Crippen molar-refractivity contribution in [3.63, 3.8) is 0 Å². The molecule has 166 valence electrons. The van der Waals surface area contributed by atoms with E-state index in [0.29, 0.717) is 31.8 Å². The highest BCUT2D eigenvalue weighted by Crippen LogP contribution is 2.31. The molecule has 0 spiro atoms. The van der Waals surface area contributed by atoms with Crippen LogP contribution in [0.15, 0.2) is 48.5 Å². The number of rotatable bonds is 7. The number of nitrogens with zero attached hydrogens (tertiary/aromatic N) is 3. The third-order valence-electron chi connectivity index (χ3n) is 5.87. The zero-order valence-corrected chi connectivity index (χ0v) is 18.2. The fraction of sp³-hybridized carbons (Fsp3) is 0.400. The third-order valence-corrected chi connectivity index (χ3v) is 5.87. The van der Waals surface area contributed by atoms with E-state index in [1.165, 1.54) is 0 Å². The first-order valence-corrected chi connectivity index (χ1v) is 10.9. The van der Waals surface area contributed by atoms with Gasteiger partial charge in [-0.25, -0.2) is 0 Å². The molecule has 0 radical (unpaired) electrons. The highest BCUT2D eigenvalue weighted by Gasteiger charge is 2.38. The Morgan fingerprint density at radius 1 is 1.06 bits per heavy atom. The second-order valence-corrected chi connectivity index (χ2v) is 8.36. The molecule has 1 heterocycles. The Labute approximate surface area is 188 Å². The summed E-state index contributed by atoms with van der Waals surface area (Å²) < 4.78 is 11.4. The number of nitriles is 1. The average Bonchev–Trinajstić information content (AvgIpc) is 3.67. The minimum Gasteiger partial charge on any atom is -0.497 e. The predicted octanol–water partition coefficient (Wildman–Crippen LogP) is 2.73. The number of methoxy groups -OCH3 is 1. The number of hydrogen-bond donors (Lipinski definition) is 0. The molecule has 7 heteroatoms. The summed E-state index contributed by atoms with van der Waals surface area (Å²) in [6.45, 7) is 1.70. The van der Waals surface area contributed by atoms with Gasteiger partial charge in [-0.1, -0.05) is 24.3 Å². The number of hydrogen-bond acceptors (Lipinski definition) is 5. The van der Waals surface area contributed by atoms with Gasteiger partial charge in [0.05, 0.1) is 38.0 Å². The zero-order valence-electron chi connectivity index (χ0n) is 18.2. The molecule has 0 bridgehead atoms. The summed E-state index contributed by atoms with van der Waals surface area (Å²) in [4.78, 5) is 29.2. The summed E-state index contributed by atoms with van der Waals surface area (Å²) in [6.07, 6.45) is 1.50. The van der Waals surface area contributed by atoms with E-state index < -0.39 is 0 Å². The first-order chi connectivity index (χ1) is 15.6. The van der Waals surface area contributed by atoms with Crippen LogP contribution in [0.25, 0.3) is 0 Å². The van der Waals surface area contributed by atoms with Crippen molar-refractivity contribution in [2.24, 2.45) is 5.92 Å². The summed E-state index contributed by atoms with van der Waals surface area (Å²) >= 11 is 0. The van der Waals surface area contributed by atoms with E-state index in [2.05, 4.69) is 6.07 Å². The Balaban J connectivity index is 1.47. The fourth-order valence-corrected chi connectivity index (χ4v) is 3.83. The van der Waals surface area contributed by atoms with E-state index in [-0.39, 0.29) is 30.4 Å². The quantitative estimate of drug-likeness (QED) is 0.671. The van der Waals surface area contributed by atoms with Crippen molar-refractivity contribution in [1.82, 2.24) is 9.80 Å². The van der Waals surface area contributed by atoms with Crippen molar-refractivity contribution in [2.45, 2.75) is 32.1 Å². The Kier molecular flexibility index (Phi) is 6.72. The minimum absolute atomic E-state index is 0.0510. The van der Waals surface area contributed by atoms with Crippen LogP contribution >= 0.6 is 0 Å². The Morgan fingerprint density at radius 2 is 1.75 bits per heavy atom. The molecule has 1 saturated carbocycles. The van der Waals surface area contributed by atoms with Gasteiger partial charge in [0.25, 0.3) is 0 Å². The maximum atomic E-state index is 13.0. The molecule has 1 aliphatic heterocycles. The molecule has 0 N–H and O–H groups in total. The number of benzene rings is 2. The SMILES string of the molecule is COc1ccc(CN2CC(OCc3ccc(C#N)cc3)CN(C(=O)C3CC3)CC2=O)cc1. The average molecular weight is 434 g/mol. The van der Waals surface area contributed by atoms with Crippen molar-refractivity contribution < 1.29 is 19.1 Å². The molecule has 1 saturated heterocycles. The topological polar surface area (TPSA) is 82.9 Å². The van der Waals surface area contributed by atoms with Crippen LogP contribution in [-0.4, -0.2) is 54.5 Å². The highest BCUT2D eigenvalue weighted by molar-refractivity contribution is 5.87. The minimum atomic E-state index is -0.293. The Hall–Kier alpha value is -3.37. The van der Waals surface area contributed by atoms with Gasteiger partial charge in [-0.2, -0.15) is 5.26 Å². The zero-order chi connectivity index (χ0) is 22.5. The van der Waals surface area contributed by atoms with E-state index in [9.17, 15) is 9.59 Å². The standard InChI is InChI=1S/C25H27N3O4/c1-31-22-10-6-19(7-11-22)13-27-14-23(32-17-20-4-2-18(12-26)3-5-20)15-28(16-24(27)29)25(30)21-8-9-21/h2-7,10-11,21,23H,8-9,13-17H2,1H3. The van der Waals surface area contributed by atoms with E-state index >= 15 is 0 Å². The van der Waals surface area contributed by atoms with Gasteiger partial charge in [0.1, 0.15) is 5.75 Å². The third kappa shape index (κ3) is 5.45. The number of ether oxygens (including phenoxy) is 2. The van der Waals surface area contributed by atoms with Crippen molar-refractivity contribution in [3.8, 4) is 11.8 Å². The first kappa shape index (κ1) is 21.8. The summed E-state index contributed by atoms with van der Waals surface area (Å²) in [6, 6.07) is 17.0. The molecule has 2 aromatic carbocycles. The lowest BCUT2D eigenvalue weighted by atomic mass is 10.1. The molecule has 1 unspecified atom stereocenters. The lowest BCUT2D eigenvalue weighted by Gasteiger charge is -2.25. The van der Waals surface area contributed by atoms with Gasteiger partial charge >= 0.3 is 0 Å². The van der Waals surface area contributed by atoms with Crippen LogP contribution in [0, 0.1) is 17.2 Å². The number of carbonyl (C=O) groups is 2. The van der Waals surface area contributed by atoms with Gasteiger partial charge in [-0.15, -0.1) is 0 Å². The van der Waals surface area contributed by atoms with Gasteiger partial charge in [0, 0.05) is 25.6 Å². The van der Waals surface area contributed by atoms with Crippen molar-refractivity contribution >= 4 is 11.8 Å². The van der Waals surface area contributed by atoms with Crippen molar-refractivity contribution in [2.75, 3.05) is 26.7 Å². The predicted molar refractivity (Wildman–Crippen MR) is 117 cm³/mol.